The van der Waals surface area contributed by atoms with Crippen LogP contribution in [0.4, 0.5) is 0 Å². The first-order valence-electron chi connectivity index (χ1n) is 8.56. The van der Waals surface area contributed by atoms with Crippen LogP contribution in [-0.4, -0.2) is 17.9 Å². The van der Waals surface area contributed by atoms with Gasteiger partial charge in [-0.05, 0) is 30.2 Å². The van der Waals surface area contributed by atoms with Crippen LogP contribution in [0.2, 0.25) is 0 Å². The van der Waals surface area contributed by atoms with E-state index in [1.807, 2.05) is 24.3 Å². The molecule has 0 atom stereocenters. The number of aryl methyl sites for hydroxylation is 2. The van der Waals surface area contributed by atoms with Crippen LogP contribution in [0.5, 0.6) is 0 Å². The smallest absolute Gasteiger partial charge is 0.250 e. The van der Waals surface area contributed by atoms with Gasteiger partial charge in [-0.25, -0.2) is 5.43 Å². The van der Waals surface area contributed by atoms with Crippen LogP contribution >= 0.6 is 11.8 Å². The minimum Gasteiger partial charge on any atom is -0.272 e. The van der Waals surface area contributed by atoms with Gasteiger partial charge in [-0.1, -0.05) is 71.8 Å². The molecule has 3 nitrogen and oxygen atoms in total. The van der Waals surface area contributed by atoms with E-state index in [1.165, 1.54) is 16.7 Å². The highest BCUT2D eigenvalue weighted by Gasteiger charge is 2.02. The van der Waals surface area contributed by atoms with E-state index >= 15 is 0 Å². The van der Waals surface area contributed by atoms with Crippen molar-refractivity contribution in [1.82, 2.24) is 5.43 Å². The summed E-state index contributed by atoms with van der Waals surface area (Å²) >= 11 is 1.59. The zero-order valence-corrected chi connectivity index (χ0v) is 15.8. The summed E-state index contributed by atoms with van der Waals surface area (Å²) in [6.07, 6.45) is 1.70. The third-order valence-corrected chi connectivity index (χ3v) is 5.00. The number of thioether (sulfide) groups is 1. The van der Waals surface area contributed by atoms with Crippen molar-refractivity contribution in [2.24, 2.45) is 5.10 Å². The molecular weight excluding hydrogens is 340 g/mol. The quantitative estimate of drug-likeness (QED) is 0.503. The van der Waals surface area contributed by atoms with E-state index in [9.17, 15) is 4.79 Å². The average Bonchev–Trinajstić information content (AvgIpc) is 2.61. The maximum atomic E-state index is 12.0. The molecule has 1 N–H and O–H groups in total. The highest BCUT2D eigenvalue weighted by atomic mass is 32.2. The van der Waals surface area contributed by atoms with E-state index in [-0.39, 0.29) is 5.91 Å². The standard InChI is InChI=1S/C22H22N2OS/c1-16-10-17(2)12-18(11-16)14-26-15-22(25)24-23-13-20-8-5-7-19-6-3-4-9-21(19)20/h3-13H,14-15H2,1-2H3,(H,24,25)/b23-13-. The molecule has 3 aromatic carbocycles. The van der Waals surface area contributed by atoms with Crippen molar-refractivity contribution in [3.8, 4) is 0 Å². The maximum Gasteiger partial charge on any atom is 0.250 e. The van der Waals surface area contributed by atoms with Gasteiger partial charge in [-0.2, -0.15) is 5.10 Å². The second-order valence-corrected chi connectivity index (χ2v) is 7.34. The molecule has 0 saturated heterocycles. The molecule has 0 spiro atoms. The molecule has 0 aliphatic carbocycles. The van der Waals surface area contributed by atoms with Crippen molar-refractivity contribution in [3.63, 3.8) is 0 Å². The van der Waals surface area contributed by atoms with Crippen LogP contribution in [0.3, 0.4) is 0 Å². The lowest BCUT2D eigenvalue weighted by atomic mass is 10.1. The molecule has 132 valence electrons. The number of amides is 1. The van der Waals surface area contributed by atoms with Crippen LogP contribution in [0.25, 0.3) is 10.8 Å². The summed E-state index contributed by atoms with van der Waals surface area (Å²) in [5, 5.41) is 6.39. The molecule has 0 aliphatic heterocycles. The average molecular weight is 362 g/mol. The van der Waals surface area contributed by atoms with Gasteiger partial charge >= 0.3 is 0 Å². The number of nitrogens with one attached hydrogen (secondary N) is 1. The fourth-order valence-electron chi connectivity index (χ4n) is 2.98. The first kappa shape index (κ1) is 18.2. The lowest BCUT2D eigenvalue weighted by molar-refractivity contribution is -0.118. The van der Waals surface area contributed by atoms with Crippen LogP contribution in [0, 0.1) is 13.8 Å². The number of nitrogens with zero attached hydrogens (tertiary/aromatic N) is 1. The largest absolute Gasteiger partial charge is 0.272 e. The van der Waals surface area contributed by atoms with Crippen molar-refractivity contribution < 1.29 is 4.79 Å². The molecule has 4 heteroatoms. The Morgan fingerprint density at radius 3 is 2.58 bits per heavy atom. The number of hydrogen-bond acceptors (Lipinski definition) is 3. The van der Waals surface area contributed by atoms with Crippen molar-refractivity contribution in [2.75, 3.05) is 5.75 Å². The van der Waals surface area contributed by atoms with Crippen LogP contribution < -0.4 is 5.43 Å². The van der Waals surface area contributed by atoms with Crippen LogP contribution in [0.15, 0.2) is 65.8 Å². The number of hydrazone groups is 1. The number of fused-ring (bicyclic) bond motifs is 1. The summed E-state index contributed by atoms with van der Waals surface area (Å²) in [6, 6.07) is 20.7. The van der Waals surface area contributed by atoms with Gasteiger partial charge in [-0.15, -0.1) is 11.8 Å². The predicted octanol–water partition coefficient (Wildman–Crippen LogP) is 4.84. The number of carbonyl (C=O) groups excluding carboxylic acids is 1. The summed E-state index contributed by atoms with van der Waals surface area (Å²) in [5.74, 6) is 1.12. The Kier molecular flexibility index (Phi) is 6.08. The molecule has 0 bridgehead atoms. The Hall–Kier alpha value is -2.59. The highest BCUT2D eigenvalue weighted by Crippen LogP contribution is 2.17. The molecule has 3 rings (SSSR count). The minimum atomic E-state index is -0.0872. The van der Waals surface area contributed by atoms with Gasteiger partial charge in [0.15, 0.2) is 0 Å². The number of hydrogen-bond donors (Lipinski definition) is 1. The first-order valence-corrected chi connectivity index (χ1v) is 9.72. The van der Waals surface area contributed by atoms with Gasteiger partial charge in [-0.3, -0.25) is 4.79 Å². The van der Waals surface area contributed by atoms with Gasteiger partial charge in [0.1, 0.15) is 0 Å². The summed E-state index contributed by atoms with van der Waals surface area (Å²) in [4.78, 5) is 12.0. The van der Waals surface area contributed by atoms with E-state index in [4.69, 9.17) is 0 Å². The first-order chi connectivity index (χ1) is 12.6. The molecule has 3 aromatic rings. The Bertz CT molecular complexity index is 924. The molecule has 0 fully saturated rings. The van der Waals surface area contributed by atoms with E-state index < -0.39 is 0 Å². The Morgan fingerprint density at radius 1 is 1.04 bits per heavy atom. The minimum absolute atomic E-state index is 0.0872. The van der Waals surface area contributed by atoms with Gasteiger partial charge in [0.05, 0.1) is 12.0 Å². The second-order valence-electron chi connectivity index (χ2n) is 6.35. The fourth-order valence-corrected chi connectivity index (χ4v) is 3.74. The van der Waals surface area contributed by atoms with E-state index in [1.54, 1.807) is 18.0 Å². The van der Waals surface area contributed by atoms with E-state index in [0.717, 1.165) is 22.1 Å². The van der Waals surface area contributed by atoms with Crippen LogP contribution in [0.1, 0.15) is 22.3 Å². The molecule has 0 saturated carbocycles. The fraction of sp³-hybridized carbons (Fsp3) is 0.182. The monoisotopic (exact) mass is 362 g/mol. The molecule has 0 aliphatic rings. The van der Waals surface area contributed by atoms with E-state index in [2.05, 4.69) is 60.8 Å². The molecule has 1 amide bonds. The number of carbonyl (C=O) groups is 1. The molecule has 26 heavy (non-hydrogen) atoms. The molecule has 0 radical (unpaired) electrons. The number of benzene rings is 3. The predicted molar refractivity (Wildman–Crippen MR) is 112 cm³/mol. The van der Waals surface area contributed by atoms with Gasteiger partial charge < -0.3 is 0 Å². The molecule has 0 heterocycles. The maximum absolute atomic E-state index is 12.0. The third-order valence-electron chi connectivity index (χ3n) is 4.00. The van der Waals surface area contributed by atoms with E-state index in [0.29, 0.717) is 5.75 Å². The van der Waals surface area contributed by atoms with Gasteiger partial charge in [0.25, 0.3) is 0 Å². The lowest BCUT2D eigenvalue weighted by Crippen LogP contribution is -2.19. The molecular formula is C22H22N2OS. The molecule has 0 aromatic heterocycles. The van der Waals surface area contributed by atoms with Crippen molar-refractivity contribution in [2.45, 2.75) is 19.6 Å². The summed E-state index contributed by atoms with van der Waals surface area (Å²) in [6.45, 7) is 4.19. The van der Waals surface area contributed by atoms with Crippen molar-refractivity contribution in [3.05, 3.63) is 82.9 Å². The summed E-state index contributed by atoms with van der Waals surface area (Å²) in [7, 11) is 0. The Balaban J connectivity index is 1.51. The van der Waals surface area contributed by atoms with Crippen molar-refractivity contribution >= 4 is 34.7 Å². The third kappa shape index (κ3) is 4.96. The lowest BCUT2D eigenvalue weighted by Gasteiger charge is -2.05. The zero-order chi connectivity index (χ0) is 18.4. The number of rotatable bonds is 6. The van der Waals surface area contributed by atoms with Crippen molar-refractivity contribution in [1.29, 1.82) is 0 Å². The summed E-state index contributed by atoms with van der Waals surface area (Å²) in [5.41, 5.74) is 7.36. The Morgan fingerprint density at radius 2 is 1.77 bits per heavy atom. The SMILES string of the molecule is Cc1cc(C)cc(CSCC(=O)N/N=C\c2cccc3ccccc23)c1. The second kappa shape index (κ2) is 8.68. The zero-order valence-electron chi connectivity index (χ0n) is 15.0. The normalized spacial score (nSPS) is 11.2. The topological polar surface area (TPSA) is 41.5 Å². The van der Waals surface area contributed by atoms with Gasteiger partial charge in [0, 0.05) is 11.3 Å². The highest BCUT2D eigenvalue weighted by molar-refractivity contribution is 7.99. The van der Waals surface area contributed by atoms with Crippen LogP contribution in [-0.2, 0) is 10.5 Å². The summed E-state index contributed by atoms with van der Waals surface area (Å²) < 4.78 is 0. The molecule has 0 unspecified atom stereocenters. The Labute approximate surface area is 158 Å². The van der Waals surface area contributed by atoms with Gasteiger partial charge in [0.2, 0.25) is 5.91 Å².